The lowest BCUT2D eigenvalue weighted by atomic mass is 10.2. The summed E-state index contributed by atoms with van der Waals surface area (Å²) in [6.45, 7) is 5.95. The zero-order chi connectivity index (χ0) is 19.5. The maximum Gasteiger partial charge on any atom is 0.199 e. The molecule has 0 aliphatic rings. The number of aromatic amines is 1. The molecule has 1 unspecified atom stereocenters. The first-order chi connectivity index (χ1) is 13.6. The Kier molecular flexibility index (Phi) is 4.76. The molecule has 2 N–H and O–H groups in total. The zero-order valence-corrected chi connectivity index (χ0v) is 15.9. The van der Waals surface area contributed by atoms with E-state index in [1.807, 2.05) is 51.1 Å². The number of anilines is 1. The molecule has 28 heavy (non-hydrogen) atoms. The summed E-state index contributed by atoms with van der Waals surface area (Å²) in [5.74, 6) is 2.65. The van der Waals surface area contributed by atoms with Crippen LogP contribution in [0.4, 0.5) is 5.82 Å². The average molecular weight is 372 g/mol. The molecule has 0 saturated carbocycles. The van der Waals surface area contributed by atoms with Crippen LogP contribution in [0.2, 0.25) is 0 Å². The third-order valence-corrected chi connectivity index (χ3v) is 4.21. The minimum Gasteiger partial charge on any atom is -0.360 e. The number of nitrogens with zero attached hydrogens (tertiary/aromatic N) is 6. The Labute approximate surface area is 162 Å². The predicted molar refractivity (Wildman–Crippen MR) is 106 cm³/mol. The first-order valence-electron chi connectivity index (χ1n) is 8.96. The number of nitrogens with one attached hydrogen (secondary N) is 2. The summed E-state index contributed by atoms with van der Waals surface area (Å²) in [6.07, 6.45) is 5.21. The van der Waals surface area contributed by atoms with Crippen molar-refractivity contribution < 1.29 is 0 Å². The fraction of sp³-hybridized carbons (Fsp3) is 0.200. The Hall–Kier alpha value is -3.68. The molecule has 0 bridgehead atoms. The molecule has 1 atom stereocenters. The Balaban J connectivity index is 1.56. The average Bonchev–Trinajstić information content (AvgIpc) is 3.19. The lowest BCUT2D eigenvalue weighted by Crippen LogP contribution is -2.11. The molecule has 8 heteroatoms. The molecule has 0 fully saturated rings. The van der Waals surface area contributed by atoms with Crippen molar-refractivity contribution in [2.45, 2.75) is 26.8 Å². The molecule has 0 amide bonds. The van der Waals surface area contributed by atoms with E-state index in [4.69, 9.17) is 0 Å². The van der Waals surface area contributed by atoms with Gasteiger partial charge in [-0.05, 0) is 50.6 Å². The van der Waals surface area contributed by atoms with Crippen molar-refractivity contribution in [3.8, 4) is 22.9 Å². The van der Waals surface area contributed by atoms with Crippen molar-refractivity contribution in [3.05, 3.63) is 66.0 Å². The van der Waals surface area contributed by atoms with Crippen molar-refractivity contribution in [2.75, 3.05) is 5.32 Å². The van der Waals surface area contributed by atoms with Gasteiger partial charge in [-0.25, -0.2) is 15.0 Å². The van der Waals surface area contributed by atoms with Crippen LogP contribution in [-0.4, -0.2) is 35.1 Å². The molecule has 4 rings (SSSR count). The molecule has 0 radical (unpaired) electrons. The summed E-state index contributed by atoms with van der Waals surface area (Å²) >= 11 is 0. The monoisotopic (exact) mass is 372 g/mol. The molecule has 4 heterocycles. The smallest absolute Gasteiger partial charge is 0.199 e. The second-order valence-electron chi connectivity index (χ2n) is 6.58. The number of hydrogen-bond acceptors (Lipinski definition) is 7. The van der Waals surface area contributed by atoms with Gasteiger partial charge in [-0.3, -0.25) is 15.1 Å². The molecule has 8 nitrogen and oxygen atoms in total. The van der Waals surface area contributed by atoms with Crippen LogP contribution in [-0.2, 0) is 0 Å². The minimum absolute atomic E-state index is 0.120. The molecule has 0 saturated heterocycles. The standard InChI is InChI=1S/C20H20N8/c1-12-4-9-22-16(10-12)20-26-18(27-28-20)14(3)24-17-11-13(2)23-19(25-17)15-5-7-21-8-6-15/h4-11,14H,1-3H3,(H,23,24,25)(H,26,27,28). The third-order valence-electron chi connectivity index (χ3n) is 4.21. The highest BCUT2D eigenvalue weighted by Gasteiger charge is 2.14. The SMILES string of the molecule is Cc1ccnc(-c2n[nH]c(C(C)Nc3cc(C)nc(-c4ccncc4)n3)n2)c1. The fourth-order valence-corrected chi connectivity index (χ4v) is 2.80. The summed E-state index contributed by atoms with van der Waals surface area (Å²) in [4.78, 5) is 22.1. The van der Waals surface area contributed by atoms with Crippen molar-refractivity contribution in [1.82, 2.24) is 35.1 Å². The van der Waals surface area contributed by atoms with E-state index >= 15 is 0 Å². The van der Waals surface area contributed by atoms with E-state index in [-0.39, 0.29) is 6.04 Å². The van der Waals surface area contributed by atoms with Crippen molar-refractivity contribution in [1.29, 1.82) is 0 Å². The molecule has 4 aromatic heterocycles. The van der Waals surface area contributed by atoms with Gasteiger partial charge < -0.3 is 5.32 Å². The van der Waals surface area contributed by atoms with E-state index in [1.54, 1.807) is 18.6 Å². The van der Waals surface area contributed by atoms with Crippen LogP contribution in [0.1, 0.15) is 30.0 Å². The predicted octanol–water partition coefficient (Wildman–Crippen LogP) is 3.51. The van der Waals surface area contributed by atoms with Gasteiger partial charge >= 0.3 is 0 Å². The van der Waals surface area contributed by atoms with E-state index in [1.165, 1.54) is 0 Å². The number of pyridine rings is 2. The van der Waals surface area contributed by atoms with Gasteiger partial charge in [0.15, 0.2) is 11.6 Å². The highest BCUT2D eigenvalue weighted by Crippen LogP contribution is 2.21. The highest BCUT2D eigenvalue weighted by molar-refractivity contribution is 5.57. The van der Waals surface area contributed by atoms with Crippen molar-refractivity contribution >= 4 is 5.82 Å². The van der Waals surface area contributed by atoms with Crippen LogP contribution >= 0.6 is 0 Å². The van der Waals surface area contributed by atoms with Gasteiger partial charge in [0.2, 0.25) is 0 Å². The Morgan fingerprint density at radius 2 is 1.75 bits per heavy atom. The maximum absolute atomic E-state index is 4.62. The summed E-state index contributed by atoms with van der Waals surface area (Å²) in [7, 11) is 0. The second-order valence-corrected chi connectivity index (χ2v) is 6.58. The fourth-order valence-electron chi connectivity index (χ4n) is 2.80. The molecule has 140 valence electrons. The number of aromatic nitrogens is 7. The Morgan fingerprint density at radius 3 is 2.54 bits per heavy atom. The van der Waals surface area contributed by atoms with E-state index in [0.717, 1.165) is 28.3 Å². The number of rotatable bonds is 5. The first-order valence-corrected chi connectivity index (χ1v) is 8.96. The molecule has 0 aliphatic carbocycles. The number of aryl methyl sites for hydroxylation is 2. The van der Waals surface area contributed by atoms with Crippen molar-refractivity contribution in [3.63, 3.8) is 0 Å². The summed E-state index contributed by atoms with van der Waals surface area (Å²) in [5, 5.41) is 10.6. The Morgan fingerprint density at radius 1 is 0.929 bits per heavy atom. The molecular weight excluding hydrogens is 352 g/mol. The van der Waals surface area contributed by atoms with Gasteiger partial charge in [0, 0.05) is 35.9 Å². The van der Waals surface area contributed by atoms with E-state index in [9.17, 15) is 0 Å². The van der Waals surface area contributed by atoms with Crippen molar-refractivity contribution in [2.24, 2.45) is 0 Å². The largest absolute Gasteiger partial charge is 0.360 e. The second kappa shape index (κ2) is 7.51. The van der Waals surface area contributed by atoms with E-state index in [0.29, 0.717) is 17.5 Å². The Bertz CT molecular complexity index is 1090. The van der Waals surface area contributed by atoms with Gasteiger partial charge in [-0.1, -0.05) is 0 Å². The summed E-state index contributed by atoms with van der Waals surface area (Å²) < 4.78 is 0. The topological polar surface area (TPSA) is 105 Å². The van der Waals surface area contributed by atoms with Crippen LogP contribution in [0.25, 0.3) is 22.9 Å². The third kappa shape index (κ3) is 3.85. The summed E-state index contributed by atoms with van der Waals surface area (Å²) in [5.41, 5.74) is 3.65. The normalized spacial score (nSPS) is 12.0. The molecule has 0 spiro atoms. The van der Waals surface area contributed by atoms with E-state index < -0.39 is 0 Å². The van der Waals surface area contributed by atoms with Gasteiger partial charge in [0.25, 0.3) is 0 Å². The first kappa shape index (κ1) is 17.7. The van der Waals surface area contributed by atoms with Crippen LogP contribution in [0, 0.1) is 13.8 Å². The molecular formula is C20H20N8. The van der Waals surface area contributed by atoms with Gasteiger partial charge in [-0.15, -0.1) is 0 Å². The molecule has 4 aromatic rings. The number of hydrogen-bond donors (Lipinski definition) is 2. The summed E-state index contributed by atoms with van der Waals surface area (Å²) in [6, 6.07) is 9.46. The zero-order valence-electron chi connectivity index (χ0n) is 15.9. The van der Waals surface area contributed by atoms with Gasteiger partial charge in [-0.2, -0.15) is 5.10 Å². The lowest BCUT2D eigenvalue weighted by molar-refractivity contribution is 0.789. The van der Waals surface area contributed by atoms with Gasteiger partial charge in [0.05, 0.1) is 6.04 Å². The van der Waals surface area contributed by atoms with Crippen LogP contribution in [0.3, 0.4) is 0 Å². The van der Waals surface area contributed by atoms with Crippen LogP contribution in [0.5, 0.6) is 0 Å². The van der Waals surface area contributed by atoms with Gasteiger partial charge in [0.1, 0.15) is 17.3 Å². The quantitative estimate of drug-likeness (QED) is 0.552. The maximum atomic E-state index is 4.62. The number of H-pyrrole nitrogens is 1. The highest BCUT2D eigenvalue weighted by atomic mass is 15.2. The van der Waals surface area contributed by atoms with Crippen LogP contribution in [0.15, 0.2) is 48.9 Å². The molecule has 0 aliphatic heterocycles. The van der Waals surface area contributed by atoms with Crippen LogP contribution < -0.4 is 5.32 Å². The van der Waals surface area contributed by atoms with E-state index in [2.05, 4.69) is 40.4 Å². The molecule has 0 aromatic carbocycles. The minimum atomic E-state index is -0.120. The lowest BCUT2D eigenvalue weighted by Gasteiger charge is -2.13.